The summed E-state index contributed by atoms with van der Waals surface area (Å²) in [6.07, 6.45) is 22.5. The highest BCUT2D eigenvalue weighted by molar-refractivity contribution is 5.89. The van der Waals surface area contributed by atoms with Crippen LogP contribution in [0.15, 0.2) is 54.6 Å². The molecule has 1 atom stereocenters. The molecule has 1 aromatic carbocycles. The van der Waals surface area contributed by atoms with E-state index in [9.17, 15) is 14.7 Å². The summed E-state index contributed by atoms with van der Waals surface area (Å²) in [7, 11) is 0. The summed E-state index contributed by atoms with van der Waals surface area (Å²) in [5, 5.41) is 9.90. The topological polar surface area (TPSA) is 72.8 Å². The Morgan fingerprint density at radius 3 is 2.06 bits per heavy atom. The van der Waals surface area contributed by atoms with Crippen molar-refractivity contribution in [1.82, 2.24) is 0 Å². The lowest BCUT2D eigenvalue weighted by Gasteiger charge is -2.29. The summed E-state index contributed by atoms with van der Waals surface area (Å²) in [5.41, 5.74) is -0.322. The number of carbonyl (C=O) groups is 2. The first-order valence-corrected chi connectivity index (χ1v) is 13.9. The molecule has 0 aliphatic carbocycles. The summed E-state index contributed by atoms with van der Waals surface area (Å²) in [6.45, 7) is 3.95. The van der Waals surface area contributed by atoms with Crippen LogP contribution in [0.2, 0.25) is 0 Å². The van der Waals surface area contributed by atoms with Gasteiger partial charge in [0.25, 0.3) is 0 Å². The van der Waals surface area contributed by atoms with E-state index >= 15 is 0 Å². The van der Waals surface area contributed by atoms with E-state index < -0.39 is 11.4 Å². The molecule has 0 spiro atoms. The lowest BCUT2D eigenvalue weighted by atomic mass is 9.88. The van der Waals surface area contributed by atoms with Gasteiger partial charge in [0.1, 0.15) is 13.2 Å². The van der Waals surface area contributed by atoms with E-state index in [2.05, 4.69) is 31.2 Å². The van der Waals surface area contributed by atoms with E-state index in [1.54, 1.807) is 24.3 Å². The number of benzene rings is 1. The Balaban J connectivity index is 2.12. The minimum atomic E-state index is -0.779. The molecule has 5 nitrogen and oxygen atoms in total. The Kier molecular flexibility index (Phi) is 18.2. The molecular weight excluding hydrogens is 452 g/mol. The molecule has 0 amide bonds. The predicted molar refractivity (Wildman–Crippen MR) is 147 cm³/mol. The van der Waals surface area contributed by atoms with E-state index in [0.29, 0.717) is 18.4 Å². The average Bonchev–Trinajstić information content (AvgIpc) is 2.91. The van der Waals surface area contributed by atoms with Gasteiger partial charge in [-0.05, 0) is 57.1 Å². The van der Waals surface area contributed by atoms with E-state index in [-0.39, 0.29) is 25.8 Å². The van der Waals surface area contributed by atoms with Crippen molar-refractivity contribution < 1.29 is 24.2 Å². The first-order valence-electron chi connectivity index (χ1n) is 13.9. The SMILES string of the molecule is CCCCC/C=C/C/C=C/CCCCCCCC(=O)OCC(CC)(CO)COC(=O)c1ccccc1. The van der Waals surface area contributed by atoms with Crippen LogP contribution in [0.1, 0.15) is 108 Å². The van der Waals surface area contributed by atoms with Gasteiger partial charge in [-0.1, -0.05) is 88.5 Å². The second-order valence-electron chi connectivity index (χ2n) is 9.60. The van der Waals surface area contributed by atoms with Crippen molar-refractivity contribution in [3.05, 3.63) is 60.2 Å². The highest BCUT2D eigenvalue weighted by atomic mass is 16.5. The number of aliphatic hydroxyl groups is 1. The van der Waals surface area contributed by atoms with Gasteiger partial charge in [0, 0.05) is 6.42 Å². The van der Waals surface area contributed by atoms with Crippen LogP contribution in [-0.2, 0) is 14.3 Å². The molecule has 0 aliphatic heterocycles. The number of allylic oxidation sites excluding steroid dienone is 4. The predicted octanol–water partition coefficient (Wildman–Crippen LogP) is 7.59. The van der Waals surface area contributed by atoms with E-state index in [0.717, 1.165) is 32.1 Å². The monoisotopic (exact) mass is 500 g/mol. The van der Waals surface area contributed by atoms with Crippen LogP contribution in [0.5, 0.6) is 0 Å². The normalized spacial score (nSPS) is 13.2. The molecule has 0 bridgehead atoms. The summed E-state index contributed by atoms with van der Waals surface area (Å²) < 4.78 is 10.8. The molecule has 0 radical (unpaired) electrons. The standard InChI is InChI=1S/C31H48O5/c1-3-5-6-7-8-9-10-11-12-13-14-15-16-17-21-24-29(33)35-26-31(4-2,25-32)27-36-30(34)28-22-19-18-20-23-28/h8-9,11-12,18-20,22-23,32H,3-7,10,13-17,21,24-27H2,1-2H3/b9-8+,12-11+. The van der Waals surface area contributed by atoms with Gasteiger partial charge in [0.2, 0.25) is 0 Å². The molecule has 0 aromatic heterocycles. The maximum absolute atomic E-state index is 12.2. The Hall–Kier alpha value is -2.40. The number of esters is 2. The maximum atomic E-state index is 12.2. The van der Waals surface area contributed by atoms with Gasteiger partial charge < -0.3 is 14.6 Å². The molecule has 1 N–H and O–H groups in total. The first kappa shape index (κ1) is 31.6. The maximum Gasteiger partial charge on any atom is 0.338 e. The number of aliphatic hydroxyl groups excluding tert-OH is 1. The lowest BCUT2D eigenvalue weighted by Crippen LogP contribution is -2.37. The smallest absolute Gasteiger partial charge is 0.338 e. The van der Waals surface area contributed by atoms with E-state index in [4.69, 9.17) is 9.47 Å². The van der Waals surface area contributed by atoms with E-state index in [1.165, 1.54) is 38.5 Å². The van der Waals surface area contributed by atoms with Crippen LogP contribution in [0.4, 0.5) is 0 Å². The summed E-state index contributed by atoms with van der Waals surface area (Å²) in [5.74, 6) is -0.709. The molecule has 1 unspecified atom stereocenters. The molecule has 36 heavy (non-hydrogen) atoms. The average molecular weight is 501 g/mol. The zero-order chi connectivity index (χ0) is 26.3. The van der Waals surface area contributed by atoms with E-state index in [1.807, 2.05) is 13.0 Å². The molecule has 0 saturated carbocycles. The molecule has 1 rings (SSSR count). The van der Waals surface area contributed by atoms with Gasteiger partial charge >= 0.3 is 11.9 Å². The van der Waals surface area contributed by atoms with Crippen molar-refractivity contribution in [2.75, 3.05) is 19.8 Å². The van der Waals surface area contributed by atoms with Gasteiger partial charge in [0.05, 0.1) is 17.6 Å². The van der Waals surface area contributed by atoms with Crippen molar-refractivity contribution in [3.63, 3.8) is 0 Å². The molecule has 5 heteroatoms. The van der Waals surface area contributed by atoms with Crippen molar-refractivity contribution in [1.29, 1.82) is 0 Å². The molecule has 0 heterocycles. The zero-order valence-electron chi connectivity index (χ0n) is 22.6. The summed E-state index contributed by atoms with van der Waals surface area (Å²) in [6, 6.07) is 8.73. The molecule has 0 saturated heterocycles. The second kappa shape index (κ2) is 20.8. The fraction of sp³-hybridized carbons (Fsp3) is 0.613. The third-order valence-electron chi connectivity index (χ3n) is 6.48. The fourth-order valence-corrected chi connectivity index (χ4v) is 3.71. The molecule has 1 aromatic rings. The number of carbonyl (C=O) groups excluding carboxylic acids is 2. The van der Waals surface area contributed by atoms with Crippen LogP contribution in [0.25, 0.3) is 0 Å². The number of unbranched alkanes of at least 4 members (excludes halogenated alkanes) is 8. The summed E-state index contributed by atoms with van der Waals surface area (Å²) >= 11 is 0. The Labute approximate surface area is 219 Å². The van der Waals surface area contributed by atoms with Crippen LogP contribution >= 0.6 is 0 Å². The van der Waals surface area contributed by atoms with Crippen LogP contribution < -0.4 is 0 Å². The Bertz CT molecular complexity index is 749. The minimum absolute atomic E-state index is 0.00466. The van der Waals surface area contributed by atoms with Crippen molar-refractivity contribution in [3.8, 4) is 0 Å². The minimum Gasteiger partial charge on any atom is -0.465 e. The molecule has 0 aliphatic rings. The first-order chi connectivity index (χ1) is 17.6. The van der Waals surface area contributed by atoms with Crippen molar-refractivity contribution >= 4 is 11.9 Å². The fourth-order valence-electron chi connectivity index (χ4n) is 3.71. The highest BCUT2D eigenvalue weighted by Crippen LogP contribution is 2.23. The van der Waals surface area contributed by atoms with Gasteiger partial charge in [-0.25, -0.2) is 4.79 Å². The van der Waals surface area contributed by atoms with Gasteiger partial charge in [-0.3, -0.25) is 4.79 Å². The Morgan fingerprint density at radius 2 is 1.42 bits per heavy atom. The number of hydrogen-bond acceptors (Lipinski definition) is 5. The van der Waals surface area contributed by atoms with Crippen LogP contribution in [-0.4, -0.2) is 36.9 Å². The molecule has 0 fully saturated rings. The van der Waals surface area contributed by atoms with Gasteiger partial charge in [-0.15, -0.1) is 0 Å². The molecular formula is C31H48O5. The Morgan fingerprint density at radius 1 is 0.806 bits per heavy atom. The number of hydrogen-bond donors (Lipinski definition) is 1. The van der Waals surface area contributed by atoms with Crippen molar-refractivity contribution in [2.45, 2.75) is 97.3 Å². The second-order valence-corrected chi connectivity index (χ2v) is 9.60. The largest absolute Gasteiger partial charge is 0.465 e. The van der Waals surface area contributed by atoms with Crippen LogP contribution in [0, 0.1) is 5.41 Å². The third-order valence-corrected chi connectivity index (χ3v) is 6.48. The zero-order valence-corrected chi connectivity index (χ0v) is 22.6. The molecule has 202 valence electrons. The number of rotatable bonds is 21. The number of ether oxygens (including phenoxy) is 2. The van der Waals surface area contributed by atoms with Crippen LogP contribution in [0.3, 0.4) is 0 Å². The third kappa shape index (κ3) is 14.9. The summed E-state index contributed by atoms with van der Waals surface area (Å²) in [4.78, 5) is 24.4. The quantitative estimate of drug-likeness (QED) is 0.107. The van der Waals surface area contributed by atoms with Gasteiger partial charge in [-0.2, -0.15) is 0 Å². The lowest BCUT2D eigenvalue weighted by molar-refractivity contribution is -0.150. The van der Waals surface area contributed by atoms with Gasteiger partial charge in [0.15, 0.2) is 0 Å². The highest BCUT2D eigenvalue weighted by Gasteiger charge is 2.31. The van der Waals surface area contributed by atoms with Crippen molar-refractivity contribution in [2.24, 2.45) is 5.41 Å².